The van der Waals surface area contributed by atoms with Gasteiger partial charge in [-0.3, -0.25) is 4.79 Å². The molecule has 0 fully saturated rings. The van der Waals surface area contributed by atoms with Crippen molar-refractivity contribution in [3.63, 3.8) is 0 Å². The number of ether oxygens (including phenoxy) is 1. The fourth-order valence-electron chi connectivity index (χ4n) is 9.16. The van der Waals surface area contributed by atoms with Gasteiger partial charge in [0.25, 0.3) is 0 Å². The molecule has 0 bridgehead atoms. The minimum absolute atomic E-state index is 0.117. The highest BCUT2D eigenvalue weighted by Gasteiger charge is 2.43. The normalized spacial score (nSPS) is 12.6. The van der Waals surface area contributed by atoms with Crippen molar-refractivity contribution < 1.29 is 14.3 Å². The Morgan fingerprint density at radius 3 is 1.57 bits per heavy atom. The number of carbonyl (C=O) groups excluding carboxylic acids is 2. The summed E-state index contributed by atoms with van der Waals surface area (Å²) in [6.45, 7) is 2.97. The lowest BCUT2D eigenvalue weighted by molar-refractivity contribution is -0.136. The average molecular weight is 804 g/mol. The molecule has 1 atom stereocenters. The Balaban J connectivity index is 1.23. The molecule has 1 aliphatic carbocycles. The zero-order valence-corrected chi connectivity index (χ0v) is 34.7. The van der Waals surface area contributed by atoms with Crippen LogP contribution in [-0.4, -0.2) is 42.6 Å². The van der Waals surface area contributed by atoms with Gasteiger partial charge in [-0.15, -0.1) is 0 Å². The molecule has 61 heavy (non-hydrogen) atoms. The first-order valence-electron chi connectivity index (χ1n) is 21.4. The van der Waals surface area contributed by atoms with Gasteiger partial charge in [0, 0.05) is 12.5 Å². The Bertz CT molecular complexity index is 2390. The van der Waals surface area contributed by atoms with E-state index in [0.717, 1.165) is 55.6 Å². The van der Waals surface area contributed by atoms with E-state index < -0.39 is 23.6 Å². The van der Waals surface area contributed by atoms with Crippen molar-refractivity contribution in [3.8, 4) is 11.1 Å². The molecule has 3 N–H and O–H groups in total. The molecule has 0 spiro atoms. The van der Waals surface area contributed by atoms with E-state index in [4.69, 9.17) is 10.5 Å². The standard InChI is InChI=1S/C55H53N3O3/c1-40-33-35-45(36-34-40)55(43-24-10-4-11-25-43,44-26-12-5-13-27-44)39-58(52(41-20-6-2-7-21-41)42-22-8-3-9-23-42)53(59)51(32-18-19-37-56)57-54(60)61-38-50-48-30-16-14-28-46(48)47-29-15-17-31-49(47)50/h2-17,20-31,33-36,50-52H,18-19,32,37-39,56H2,1H3,(H,57,60)/t51-/m0/s1. The van der Waals surface area contributed by atoms with Gasteiger partial charge in [-0.05, 0) is 82.8 Å². The van der Waals surface area contributed by atoms with E-state index in [-0.39, 0.29) is 25.0 Å². The van der Waals surface area contributed by atoms with Crippen molar-refractivity contribution in [3.05, 3.63) is 239 Å². The van der Waals surface area contributed by atoms with Crippen LogP contribution in [0, 0.1) is 6.92 Å². The number of fused-ring (bicyclic) bond motifs is 3. The molecule has 0 saturated carbocycles. The summed E-state index contributed by atoms with van der Waals surface area (Å²) in [5, 5.41) is 3.11. The Morgan fingerprint density at radius 2 is 1.07 bits per heavy atom. The fraction of sp³-hybridized carbons (Fsp3) is 0.200. The minimum Gasteiger partial charge on any atom is -0.449 e. The number of carbonyl (C=O) groups is 2. The third-order valence-electron chi connectivity index (χ3n) is 12.2. The molecule has 0 saturated heterocycles. The summed E-state index contributed by atoms with van der Waals surface area (Å²) in [4.78, 5) is 32.2. The molecule has 6 heteroatoms. The summed E-state index contributed by atoms with van der Waals surface area (Å²) in [6.07, 6.45) is 1.12. The Hall–Kier alpha value is -6.76. The predicted octanol–water partition coefficient (Wildman–Crippen LogP) is 11.0. The summed E-state index contributed by atoms with van der Waals surface area (Å²) in [6, 6.07) is 65.1. The molecule has 306 valence electrons. The second-order valence-corrected chi connectivity index (χ2v) is 16.0. The number of aryl methyl sites for hydroxylation is 1. The van der Waals surface area contributed by atoms with Crippen molar-refractivity contribution >= 4 is 12.0 Å². The SMILES string of the molecule is Cc1ccc(C(CN(C(=O)[C@H](CCCCN)NC(=O)OCC2c3ccccc3-c3ccccc32)C(c2ccccc2)c2ccccc2)(c2ccccc2)c2ccccc2)cc1. The number of hydrogen-bond donors (Lipinski definition) is 2. The molecule has 0 heterocycles. The lowest BCUT2D eigenvalue weighted by Crippen LogP contribution is -2.54. The monoisotopic (exact) mass is 803 g/mol. The Labute approximate surface area is 360 Å². The summed E-state index contributed by atoms with van der Waals surface area (Å²) < 4.78 is 6.11. The van der Waals surface area contributed by atoms with Crippen LogP contribution in [0.2, 0.25) is 0 Å². The fourth-order valence-corrected chi connectivity index (χ4v) is 9.16. The number of nitrogens with zero attached hydrogens (tertiary/aromatic N) is 1. The zero-order chi connectivity index (χ0) is 42.0. The molecule has 0 radical (unpaired) electrons. The molecule has 0 unspecified atom stereocenters. The minimum atomic E-state index is -0.903. The lowest BCUT2D eigenvalue weighted by Gasteiger charge is -2.44. The van der Waals surface area contributed by atoms with Crippen LogP contribution in [0.4, 0.5) is 4.79 Å². The molecular weight excluding hydrogens is 751 g/mol. The van der Waals surface area contributed by atoms with Gasteiger partial charge in [-0.25, -0.2) is 4.79 Å². The number of benzene rings is 7. The van der Waals surface area contributed by atoms with Gasteiger partial charge in [-0.1, -0.05) is 200 Å². The molecular formula is C55H53N3O3. The number of amides is 2. The van der Waals surface area contributed by atoms with Gasteiger partial charge in [0.05, 0.1) is 11.5 Å². The molecule has 1 aliphatic rings. The topological polar surface area (TPSA) is 84.7 Å². The van der Waals surface area contributed by atoms with Gasteiger partial charge in [0.1, 0.15) is 12.6 Å². The number of hydrogen-bond acceptors (Lipinski definition) is 4. The van der Waals surface area contributed by atoms with Gasteiger partial charge >= 0.3 is 6.09 Å². The van der Waals surface area contributed by atoms with Crippen molar-refractivity contribution in [2.45, 2.75) is 49.6 Å². The molecule has 6 nitrogen and oxygen atoms in total. The summed E-state index contributed by atoms with van der Waals surface area (Å²) in [5.41, 5.74) is 16.0. The second-order valence-electron chi connectivity index (χ2n) is 16.0. The largest absolute Gasteiger partial charge is 0.449 e. The van der Waals surface area contributed by atoms with Crippen molar-refractivity contribution in [2.24, 2.45) is 5.73 Å². The van der Waals surface area contributed by atoms with E-state index in [1.54, 1.807) is 0 Å². The van der Waals surface area contributed by atoms with Crippen LogP contribution in [0.15, 0.2) is 194 Å². The first-order valence-corrected chi connectivity index (χ1v) is 21.4. The predicted molar refractivity (Wildman–Crippen MR) is 245 cm³/mol. The molecule has 7 aromatic carbocycles. The number of rotatable bonds is 16. The molecule has 0 aliphatic heterocycles. The summed E-state index contributed by atoms with van der Waals surface area (Å²) in [7, 11) is 0. The van der Waals surface area contributed by atoms with E-state index in [1.807, 2.05) is 77.7 Å². The van der Waals surface area contributed by atoms with Gasteiger partial charge < -0.3 is 20.7 Å². The number of nitrogens with one attached hydrogen (secondary N) is 1. The maximum atomic E-state index is 16.0. The molecule has 0 aromatic heterocycles. The third kappa shape index (κ3) is 8.77. The van der Waals surface area contributed by atoms with Gasteiger partial charge in [0.2, 0.25) is 5.91 Å². The number of nitrogens with two attached hydrogens (primary N) is 1. The van der Waals surface area contributed by atoms with Crippen LogP contribution in [0.3, 0.4) is 0 Å². The highest BCUT2D eigenvalue weighted by molar-refractivity contribution is 5.87. The van der Waals surface area contributed by atoms with Crippen LogP contribution in [0.5, 0.6) is 0 Å². The van der Waals surface area contributed by atoms with Crippen LogP contribution in [0.25, 0.3) is 11.1 Å². The summed E-state index contributed by atoms with van der Waals surface area (Å²) >= 11 is 0. The van der Waals surface area contributed by atoms with Crippen LogP contribution in [-0.2, 0) is 14.9 Å². The molecule has 2 amide bonds. The van der Waals surface area contributed by atoms with Crippen LogP contribution in [0.1, 0.15) is 75.7 Å². The lowest BCUT2D eigenvalue weighted by atomic mass is 9.68. The zero-order valence-electron chi connectivity index (χ0n) is 34.7. The van der Waals surface area contributed by atoms with E-state index in [1.165, 1.54) is 0 Å². The number of alkyl carbamates (subject to hydrolysis) is 1. The van der Waals surface area contributed by atoms with Crippen molar-refractivity contribution in [1.82, 2.24) is 10.2 Å². The Morgan fingerprint density at radius 1 is 0.607 bits per heavy atom. The van der Waals surface area contributed by atoms with E-state index >= 15 is 4.79 Å². The van der Waals surface area contributed by atoms with Crippen LogP contribution < -0.4 is 11.1 Å². The van der Waals surface area contributed by atoms with E-state index in [0.29, 0.717) is 25.8 Å². The van der Waals surface area contributed by atoms with Gasteiger partial charge in [-0.2, -0.15) is 0 Å². The summed E-state index contributed by atoms with van der Waals surface area (Å²) in [5.74, 6) is -0.319. The average Bonchev–Trinajstić information content (AvgIpc) is 3.64. The quantitative estimate of drug-likeness (QED) is 0.0753. The van der Waals surface area contributed by atoms with Crippen molar-refractivity contribution in [1.29, 1.82) is 0 Å². The third-order valence-corrected chi connectivity index (χ3v) is 12.2. The first kappa shape index (κ1) is 41.0. The van der Waals surface area contributed by atoms with Crippen LogP contribution >= 0.6 is 0 Å². The Kier molecular flexibility index (Phi) is 12.8. The highest BCUT2D eigenvalue weighted by atomic mass is 16.5. The number of unbranched alkanes of at least 4 members (excludes halogenated alkanes) is 1. The smallest absolute Gasteiger partial charge is 0.407 e. The maximum Gasteiger partial charge on any atom is 0.407 e. The maximum absolute atomic E-state index is 16.0. The second kappa shape index (κ2) is 19.1. The van der Waals surface area contributed by atoms with Gasteiger partial charge in [0.15, 0.2) is 0 Å². The van der Waals surface area contributed by atoms with E-state index in [2.05, 4.69) is 134 Å². The molecule has 7 aromatic rings. The highest BCUT2D eigenvalue weighted by Crippen LogP contribution is 2.45. The van der Waals surface area contributed by atoms with Crippen molar-refractivity contribution in [2.75, 3.05) is 19.7 Å². The first-order chi connectivity index (χ1) is 30.0. The van der Waals surface area contributed by atoms with E-state index in [9.17, 15) is 4.79 Å². The molecule has 8 rings (SSSR count).